The van der Waals surface area contributed by atoms with Crippen LogP contribution in [0, 0.1) is 17.0 Å². The fraction of sp³-hybridized carbons (Fsp3) is 0.385. The van der Waals surface area contributed by atoms with Crippen LogP contribution in [0.15, 0.2) is 72.9 Å². The standard InChI is InChI=1S/C39H46F2N6O7S/c1-39(2,3)37(31-18-26(28-19-27(40)10-11-29(28)41)22-45(31)21-25-8-5-4-6-9-25)46(16-7-15-42)36(52)24-55-17-14-32(48)44-30(38(53)54)20-43-33(49)23-47-34(50)12-13-35(47)51/h4-6,8-13,18-19,22,30,37H,7,14-17,20-21,23-24,42H2,1-3H3,(H,43,49)(H,44,48)(H,53,54)/t30-,37+/m1/s1. The number of nitrogens with two attached hydrogens (primary N) is 1. The van der Waals surface area contributed by atoms with Gasteiger partial charge in [0.05, 0.1) is 11.8 Å². The molecule has 16 heteroatoms. The molecule has 0 bridgehead atoms. The van der Waals surface area contributed by atoms with E-state index in [4.69, 9.17) is 5.73 Å². The number of hydrogen-bond donors (Lipinski definition) is 4. The molecular formula is C39H46F2N6O7S. The van der Waals surface area contributed by atoms with E-state index in [1.165, 1.54) is 11.8 Å². The number of aromatic nitrogens is 1. The number of rotatable bonds is 19. The quantitative estimate of drug-likeness (QED) is 0.105. The zero-order valence-corrected chi connectivity index (χ0v) is 31.7. The molecule has 2 atom stereocenters. The molecule has 0 fully saturated rings. The molecule has 5 N–H and O–H groups in total. The number of nitrogens with one attached hydrogen (secondary N) is 2. The SMILES string of the molecule is CC(C)(C)[C@H](c1cc(-c2cc(F)ccc2F)cn1Cc1ccccc1)N(CCCN)C(=O)CSCCC(=O)N[C@H](CNC(=O)CN1C(=O)C=CC1=O)C(=O)O. The van der Waals surface area contributed by atoms with Gasteiger partial charge in [-0.2, -0.15) is 11.8 Å². The molecule has 0 radical (unpaired) electrons. The second kappa shape index (κ2) is 19.3. The van der Waals surface area contributed by atoms with Crippen molar-refractivity contribution in [2.75, 3.05) is 37.7 Å². The van der Waals surface area contributed by atoms with Crippen LogP contribution in [0.25, 0.3) is 11.1 Å². The lowest BCUT2D eigenvalue weighted by molar-refractivity contribution is -0.143. The van der Waals surface area contributed by atoms with Gasteiger partial charge in [-0.1, -0.05) is 51.1 Å². The van der Waals surface area contributed by atoms with E-state index < -0.39 is 71.8 Å². The van der Waals surface area contributed by atoms with Crippen molar-refractivity contribution in [3.63, 3.8) is 0 Å². The average molecular weight is 781 g/mol. The van der Waals surface area contributed by atoms with E-state index in [1.807, 2.05) is 55.7 Å². The number of imide groups is 1. The van der Waals surface area contributed by atoms with Crippen molar-refractivity contribution < 1.29 is 42.7 Å². The monoisotopic (exact) mass is 780 g/mol. The van der Waals surface area contributed by atoms with Crippen LogP contribution in [0.3, 0.4) is 0 Å². The van der Waals surface area contributed by atoms with Crippen LogP contribution >= 0.6 is 11.8 Å². The predicted octanol–water partition coefficient (Wildman–Crippen LogP) is 3.48. The lowest BCUT2D eigenvalue weighted by Gasteiger charge is -2.41. The number of hydrogen-bond acceptors (Lipinski definition) is 8. The minimum Gasteiger partial charge on any atom is -0.480 e. The van der Waals surface area contributed by atoms with Crippen molar-refractivity contribution in [2.45, 2.75) is 52.2 Å². The Balaban J connectivity index is 1.45. The molecule has 2 heterocycles. The molecule has 1 aliphatic heterocycles. The van der Waals surface area contributed by atoms with Crippen LogP contribution in [-0.2, 0) is 35.3 Å². The lowest BCUT2D eigenvalue weighted by atomic mass is 9.83. The summed E-state index contributed by atoms with van der Waals surface area (Å²) in [6.07, 6.45) is 4.16. The molecule has 0 unspecified atom stereocenters. The Hall–Kier alpha value is -5.35. The van der Waals surface area contributed by atoms with Crippen LogP contribution in [0.2, 0.25) is 0 Å². The number of halogens is 2. The summed E-state index contributed by atoms with van der Waals surface area (Å²) in [6, 6.07) is 12.7. The first-order valence-corrected chi connectivity index (χ1v) is 18.8. The van der Waals surface area contributed by atoms with Gasteiger partial charge in [0, 0.05) is 67.0 Å². The van der Waals surface area contributed by atoms with E-state index in [2.05, 4.69) is 10.6 Å². The highest BCUT2D eigenvalue weighted by atomic mass is 32.2. The fourth-order valence-corrected chi connectivity index (χ4v) is 6.96. The molecule has 0 saturated heterocycles. The second-order valence-electron chi connectivity index (χ2n) is 14.1. The first-order chi connectivity index (χ1) is 26.1. The van der Waals surface area contributed by atoms with Gasteiger partial charge in [-0.15, -0.1) is 0 Å². The summed E-state index contributed by atoms with van der Waals surface area (Å²) >= 11 is 1.19. The van der Waals surface area contributed by atoms with Crippen molar-refractivity contribution in [2.24, 2.45) is 11.1 Å². The fourth-order valence-electron chi connectivity index (χ4n) is 6.15. The summed E-state index contributed by atoms with van der Waals surface area (Å²) in [7, 11) is 0. The first-order valence-electron chi connectivity index (χ1n) is 17.7. The molecule has 4 rings (SSSR count). The number of carboxylic acids is 1. The van der Waals surface area contributed by atoms with E-state index in [0.717, 1.165) is 35.9 Å². The molecule has 1 aliphatic rings. The van der Waals surface area contributed by atoms with E-state index in [9.17, 15) is 38.3 Å². The number of aliphatic carboxylic acids is 1. The van der Waals surface area contributed by atoms with Gasteiger partial charge < -0.3 is 30.9 Å². The van der Waals surface area contributed by atoms with Crippen molar-refractivity contribution in [1.82, 2.24) is 25.0 Å². The van der Waals surface area contributed by atoms with E-state index in [1.54, 1.807) is 17.2 Å². The highest BCUT2D eigenvalue weighted by molar-refractivity contribution is 7.99. The molecule has 0 spiro atoms. The smallest absolute Gasteiger partial charge is 0.328 e. The number of carbonyl (C=O) groups is 6. The van der Waals surface area contributed by atoms with Gasteiger partial charge >= 0.3 is 5.97 Å². The minimum absolute atomic E-state index is 0.0174. The summed E-state index contributed by atoms with van der Waals surface area (Å²) in [5, 5.41) is 14.2. The van der Waals surface area contributed by atoms with E-state index in [-0.39, 0.29) is 29.4 Å². The van der Waals surface area contributed by atoms with Crippen molar-refractivity contribution in [1.29, 1.82) is 0 Å². The summed E-state index contributed by atoms with van der Waals surface area (Å²) < 4.78 is 31.3. The molecule has 5 amide bonds. The van der Waals surface area contributed by atoms with E-state index >= 15 is 4.39 Å². The van der Waals surface area contributed by atoms with Gasteiger partial charge in [0.25, 0.3) is 11.8 Å². The number of benzene rings is 2. The van der Waals surface area contributed by atoms with Gasteiger partial charge in [0.1, 0.15) is 24.2 Å². The first kappa shape index (κ1) is 42.4. The Bertz CT molecular complexity index is 1900. The largest absolute Gasteiger partial charge is 0.480 e. The van der Waals surface area contributed by atoms with E-state index in [0.29, 0.717) is 42.2 Å². The van der Waals surface area contributed by atoms with Gasteiger partial charge in [0.2, 0.25) is 17.7 Å². The molecular weight excluding hydrogens is 735 g/mol. The zero-order valence-electron chi connectivity index (χ0n) is 30.9. The van der Waals surface area contributed by atoms with Gasteiger partial charge in [-0.25, -0.2) is 13.6 Å². The molecule has 2 aromatic carbocycles. The van der Waals surface area contributed by atoms with Crippen LogP contribution in [0.1, 0.15) is 50.9 Å². The minimum atomic E-state index is -1.48. The maximum Gasteiger partial charge on any atom is 0.328 e. The number of nitrogens with zero attached hydrogens (tertiary/aromatic N) is 3. The van der Waals surface area contributed by atoms with Crippen molar-refractivity contribution in [3.05, 3.63) is 95.8 Å². The summed E-state index contributed by atoms with van der Waals surface area (Å²) in [4.78, 5) is 76.6. The molecule has 1 aromatic heterocycles. The Morgan fingerprint density at radius 1 is 0.982 bits per heavy atom. The van der Waals surface area contributed by atoms with Gasteiger partial charge in [-0.05, 0) is 48.2 Å². The predicted molar refractivity (Wildman–Crippen MR) is 203 cm³/mol. The van der Waals surface area contributed by atoms with Crippen molar-refractivity contribution in [3.8, 4) is 11.1 Å². The molecule has 55 heavy (non-hydrogen) atoms. The van der Waals surface area contributed by atoms with Crippen molar-refractivity contribution >= 4 is 47.3 Å². The number of carbonyl (C=O) groups excluding carboxylic acids is 5. The summed E-state index contributed by atoms with van der Waals surface area (Å²) in [5.41, 5.74) is 7.59. The van der Waals surface area contributed by atoms with Crippen LogP contribution in [-0.4, -0.2) is 98.7 Å². The lowest BCUT2D eigenvalue weighted by Crippen LogP contribution is -2.50. The van der Waals surface area contributed by atoms with Gasteiger partial charge in [-0.3, -0.25) is 28.9 Å². The number of amides is 5. The highest BCUT2D eigenvalue weighted by Gasteiger charge is 2.37. The molecule has 13 nitrogen and oxygen atoms in total. The summed E-state index contributed by atoms with van der Waals surface area (Å²) in [5.74, 6) is -5.40. The molecule has 294 valence electrons. The van der Waals surface area contributed by atoms with Crippen LogP contribution in [0.4, 0.5) is 8.78 Å². The second-order valence-corrected chi connectivity index (χ2v) is 15.2. The van der Waals surface area contributed by atoms with Gasteiger partial charge in [0.15, 0.2) is 0 Å². The zero-order chi connectivity index (χ0) is 40.3. The topological polar surface area (TPSA) is 184 Å². The Morgan fingerprint density at radius 2 is 1.67 bits per heavy atom. The third-order valence-electron chi connectivity index (χ3n) is 8.74. The number of carboxylic acid groups (broad SMARTS) is 1. The van der Waals surface area contributed by atoms with Crippen LogP contribution < -0.4 is 16.4 Å². The Kier molecular flexibility index (Phi) is 14.9. The summed E-state index contributed by atoms with van der Waals surface area (Å²) in [6.45, 7) is 5.91. The third-order valence-corrected chi connectivity index (χ3v) is 9.68. The average Bonchev–Trinajstić information content (AvgIpc) is 3.68. The molecule has 0 saturated carbocycles. The third kappa shape index (κ3) is 11.8. The maximum absolute atomic E-state index is 15.1. The maximum atomic E-state index is 15.1. The Labute approximate surface area is 322 Å². The molecule has 0 aliphatic carbocycles. The molecule has 3 aromatic rings. The van der Waals surface area contributed by atoms with Crippen LogP contribution in [0.5, 0.6) is 0 Å². The number of thioether (sulfide) groups is 1. The normalized spacial score (nSPS) is 13.8. The Morgan fingerprint density at radius 3 is 2.31 bits per heavy atom. The highest BCUT2D eigenvalue weighted by Crippen LogP contribution is 2.41.